The molecule has 152 valence electrons. The Bertz CT molecular complexity index is 976. The molecule has 3 N–H and O–H groups in total. The third kappa shape index (κ3) is 6.04. The summed E-state index contributed by atoms with van der Waals surface area (Å²) in [5.74, 6) is -0.917. The summed E-state index contributed by atoms with van der Waals surface area (Å²) in [6.07, 6.45) is 0.0561. The number of carbonyl (C=O) groups excluding carboxylic acids is 3. The zero-order valence-electron chi connectivity index (χ0n) is 16.4. The van der Waals surface area contributed by atoms with Gasteiger partial charge in [-0.1, -0.05) is 66.7 Å². The molecule has 0 fully saturated rings. The second kappa shape index (κ2) is 10.6. The molecule has 6 nitrogen and oxygen atoms in total. The van der Waals surface area contributed by atoms with Gasteiger partial charge in [0, 0.05) is 24.2 Å². The fourth-order valence-corrected chi connectivity index (χ4v) is 2.90. The molecule has 30 heavy (non-hydrogen) atoms. The van der Waals surface area contributed by atoms with Crippen LogP contribution in [0.2, 0.25) is 0 Å². The maximum atomic E-state index is 12.8. The van der Waals surface area contributed by atoms with Crippen LogP contribution in [0.25, 0.3) is 0 Å². The molecule has 0 aliphatic heterocycles. The van der Waals surface area contributed by atoms with Crippen molar-refractivity contribution >= 4 is 23.4 Å². The minimum absolute atomic E-state index is 0.0561. The summed E-state index contributed by atoms with van der Waals surface area (Å²) in [6, 6.07) is 26.0. The third-order valence-corrected chi connectivity index (χ3v) is 4.42. The molecular formula is C24H23N3O3. The van der Waals surface area contributed by atoms with Crippen LogP contribution in [0.5, 0.6) is 0 Å². The first kappa shape index (κ1) is 20.8. The van der Waals surface area contributed by atoms with Gasteiger partial charge in [-0.2, -0.15) is 0 Å². The largest absolute Gasteiger partial charge is 0.352 e. The van der Waals surface area contributed by atoms with Crippen LogP contribution in [0.15, 0.2) is 91.0 Å². The summed E-state index contributed by atoms with van der Waals surface area (Å²) >= 11 is 0. The smallest absolute Gasteiger partial charge is 0.251 e. The van der Waals surface area contributed by atoms with E-state index in [9.17, 15) is 14.4 Å². The lowest BCUT2D eigenvalue weighted by atomic mass is 10.1. The highest BCUT2D eigenvalue weighted by atomic mass is 16.2. The number of para-hydroxylation sites is 1. The van der Waals surface area contributed by atoms with Gasteiger partial charge in [-0.05, 0) is 29.8 Å². The van der Waals surface area contributed by atoms with Crippen LogP contribution in [0, 0.1) is 0 Å². The summed E-state index contributed by atoms with van der Waals surface area (Å²) in [6.45, 7) is 0.168. The standard InChI is InChI=1S/C24H23N3O3/c28-21(16-17-25-23(29)19-12-6-2-7-13-19)27-22(18-10-4-1-5-11-18)24(30)26-20-14-8-3-9-15-20/h1-15,22H,16-17H2,(H,25,29)(H,26,30)(H,27,28). The molecule has 0 saturated heterocycles. The molecule has 0 bridgehead atoms. The molecule has 1 unspecified atom stereocenters. The molecule has 3 amide bonds. The van der Waals surface area contributed by atoms with Crippen molar-refractivity contribution in [2.24, 2.45) is 0 Å². The molecule has 0 spiro atoms. The molecule has 0 saturated carbocycles. The van der Waals surface area contributed by atoms with Crippen LogP contribution in [0.3, 0.4) is 0 Å². The van der Waals surface area contributed by atoms with E-state index in [0.717, 1.165) is 0 Å². The van der Waals surface area contributed by atoms with E-state index in [1.54, 1.807) is 48.5 Å². The first-order valence-electron chi connectivity index (χ1n) is 9.67. The monoisotopic (exact) mass is 401 g/mol. The summed E-state index contributed by atoms with van der Waals surface area (Å²) in [7, 11) is 0. The van der Waals surface area contributed by atoms with E-state index in [4.69, 9.17) is 0 Å². The lowest BCUT2D eigenvalue weighted by Gasteiger charge is -2.19. The lowest BCUT2D eigenvalue weighted by Crippen LogP contribution is -2.38. The quantitative estimate of drug-likeness (QED) is 0.541. The highest BCUT2D eigenvalue weighted by Crippen LogP contribution is 2.16. The Morgan fingerprint density at radius 3 is 1.93 bits per heavy atom. The molecule has 3 rings (SSSR count). The van der Waals surface area contributed by atoms with Crippen molar-refractivity contribution in [3.8, 4) is 0 Å². The number of hydrogen-bond acceptors (Lipinski definition) is 3. The van der Waals surface area contributed by atoms with Gasteiger partial charge in [-0.25, -0.2) is 0 Å². The Kier molecular flexibility index (Phi) is 7.33. The SMILES string of the molecule is O=C(CCNC(=O)c1ccccc1)NC(C(=O)Nc1ccccc1)c1ccccc1. The van der Waals surface area contributed by atoms with Crippen molar-refractivity contribution in [1.29, 1.82) is 0 Å². The van der Waals surface area contributed by atoms with Crippen LogP contribution in [-0.4, -0.2) is 24.3 Å². The Labute approximate surface area is 175 Å². The second-order valence-electron chi connectivity index (χ2n) is 6.64. The van der Waals surface area contributed by atoms with E-state index in [1.807, 2.05) is 42.5 Å². The number of benzene rings is 3. The zero-order valence-corrected chi connectivity index (χ0v) is 16.4. The van der Waals surface area contributed by atoms with Crippen LogP contribution in [0.4, 0.5) is 5.69 Å². The van der Waals surface area contributed by atoms with E-state index in [2.05, 4.69) is 16.0 Å². The average molecular weight is 401 g/mol. The molecule has 6 heteroatoms. The van der Waals surface area contributed by atoms with Crippen molar-refractivity contribution in [2.45, 2.75) is 12.5 Å². The first-order valence-corrected chi connectivity index (χ1v) is 9.67. The lowest BCUT2D eigenvalue weighted by molar-refractivity contribution is -0.126. The highest BCUT2D eigenvalue weighted by molar-refractivity contribution is 5.98. The van der Waals surface area contributed by atoms with Gasteiger partial charge >= 0.3 is 0 Å². The number of hydrogen-bond donors (Lipinski definition) is 3. The molecule has 3 aromatic carbocycles. The fraction of sp³-hybridized carbons (Fsp3) is 0.125. The molecule has 0 aromatic heterocycles. The van der Waals surface area contributed by atoms with Gasteiger partial charge < -0.3 is 16.0 Å². The van der Waals surface area contributed by atoms with Gasteiger partial charge in [0.25, 0.3) is 11.8 Å². The predicted octanol–water partition coefficient (Wildman–Crippen LogP) is 3.30. The topological polar surface area (TPSA) is 87.3 Å². The Balaban J connectivity index is 1.59. The van der Waals surface area contributed by atoms with Crippen molar-refractivity contribution in [3.05, 3.63) is 102 Å². The van der Waals surface area contributed by atoms with Gasteiger partial charge in [0.05, 0.1) is 0 Å². The van der Waals surface area contributed by atoms with Crippen LogP contribution >= 0.6 is 0 Å². The van der Waals surface area contributed by atoms with Crippen molar-refractivity contribution in [1.82, 2.24) is 10.6 Å². The number of nitrogens with one attached hydrogen (secondary N) is 3. The molecule has 3 aromatic rings. The van der Waals surface area contributed by atoms with Gasteiger partial charge in [-0.15, -0.1) is 0 Å². The molecule has 0 aliphatic rings. The predicted molar refractivity (Wildman–Crippen MR) is 116 cm³/mol. The maximum Gasteiger partial charge on any atom is 0.251 e. The Morgan fingerprint density at radius 1 is 0.733 bits per heavy atom. The van der Waals surface area contributed by atoms with Crippen LogP contribution < -0.4 is 16.0 Å². The third-order valence-electron chi connectivity index (χ3n) is 4.42. The molecule has 1 atom stereocenters. The first-order chi connectivity index (χ1) is 14.6. The Hall–Kier alpha value is -3.93. The molecular weight excluding hydrogens is 378 g/mol. The zero-order chi connectivity index (χ0) is 21.2. The average Bonchev–Trinajstić information content (AvgIpc) is 2.79. The summed E-state index contributed by atoms with van der Waals surface area (Å²) in [5.41, 5.74) is 1.85. The van der Waals surface area contributed by atoms with Crippen LogP contribution in [0.1, 0.15) is 28.4 Å². The second-order valence-corrected chi connectivity index (χ2v) is 6.64. The highest BCUT2D eigenvalue weighted by Gasteiger charge is 2.22. The molecule has 0 aliphatic carbocycles. The fourth-order valence-electron chi connectivity index (χ4n) is 2.90. The molecule has 0 heterocycles. The van der Waals surface area contributed by atoms with Crippen molar-refractivity contribution < 1.29 is 14.4 Å². The van der Waals surface area contributed by atoms with Gasteiger partial charge in [0.15, 0.2) is 0 Å². The Morgan fingerprint density at radius 2 is 1.30 bits per heavy atom. The van der Waals surface area contributed by atoms with Crippen LogP contribution in [-0.2, 0) is 9.59 Å². The summed E-state index contributed by atoms with van der Waals surface area (Å²) in [4.78, 5) is 37.4. The number of amides is 3. The van der Waals surface area contributed by atoms with Crippen molar-refractivity contribution in [2.75, 3.05) is 11.9 Å². The van der Waals surface area contributed by atoms with E-state index in [1.165, 1.54) is 0 Å². The van der Waals surface area contributed by atoms with E-state index in [-0.39, 0.29) is 30.7 Å². The maximum absolute atomic E-state index is 12.8. The number of anilines is 1. The summed E-state index contributed by atoms with van der Waals surface area (Å²) < 4.78 is 0. The minimum atomic E-state index is -0.844. The van der Waals surface area contributed by atoms with Gasteiger partial charge in [0.2, 0.25) is 5.91 Å². The molecule has 0 radical (unpaired) electrons. The van der Waals surface area contributed by atoms with Gasteiger partial charge in [-0.3, -0.25) is 14.4 Å². The minimum Gasteiger partial charge on any atom is -0.352 e. The number of rotatable bonds is 8. The van der Waals surface area contributed by atoms with E-state index >= 15 is 0 Å². The number of carbonyl (C=O) groups is 3. The summed E-state index contributed by atoms with van der Waals surface area (Å²) in [5, 5.41) is 8.29. The van der Waals surface area contributed by atoms with E-state index < -0.39 is 6.04 Å². The van der Waals surface area contributed by atoms with Crippen molar-refractivity contribution in [3.63, 3.8) is 0 Å². The normalized spacial score (nSPS) is 11.2. The van der Waals surface area contributed by atoms with E-state index in [0.29, 0.717) is 16.8 Å². The van der Waals surface area contributed by atoms with Gasteiger partial charge in [0.1, 0.15) is 6.04 Å².